The molecule has 14 heavy (non-hydrogen) atoms. The van der Waals surface area contributed by atoms with Crippen LogP contribution >= 0.6 is 0 Å². The molecule has 1 aliphatic heterocycles. The molecule has 0 radical (unpaired) electrons. The number of nitrogen functional groups attached to an aromatic ring is 1. The number of hydrogen-bond acceptors (Lipinski definition) is 4. The third-order valence-corrected chi connectivity index (χ3v) is 2.57. The second kappa shape index (κ2) is 3.13. The van der Waals surface area contributed by atoms with Crippen molar-refractivity contribution < 1.29 is 5.11 Å². The second-order valence-electron chi connectivity index (χ2n) is 4.08. The van der Waals surface area contributed by atoms with Crippen LogP contribution in [0.2, 0.25) is 0 Å². The molecule has 1 atom stereocenters. The molecule has 2 rings (SSSR count). The average molecular weight is 193 g/mol. The van der Waals surface area contributed by atoms with Gasteiger partial charge in [0.05, 0.1) is 11.3 Å². The first kappa shape index (κ1) is 9.27. The van der Waals surface area contributed by atoms with Crippen molar-refractivity contribution in [2.24, 2.45) is 0 Å². The van der Waals surface area contributed by atoms with Crippen LogP contribution in [0.5, 0.6) is 0 Å². The van der Waals surface area contributed by atoms with Crippen molar-refractivity contribution in [2.75, 3.05) is 23.7 Å². The lowest BCUT2D eigenvalue weighted by Gasteiger charge is -2.20. The van der Waals surface area contributed by atoms with Gasteiger partial charge in [0.1, 0.15) is 0 Å². The number of hydrogen-bond donors (Lipinski definition) is 2. The minimum absolute atomic E-state index is 0.605. The lowest BCUT2D eigenvalue weighted by Crippen LogP contribution is -2.30. The van der Waals surface area contributed by atoms with Gasteiger partial charge in [-0.15, -0.1) is 0 Å². The van der Waals surface area contributed by atoms with Crippen LogP contribution in [-0.2, 0) is 0 Å². The number of aromatic nitrogens is 1. The van der Waals surface area contributed by atoms with Gasteiger partial charge in [0.2, 0.25) is 0 Å². The van der Waals surface area contributed by atoms with Crippen molar-refractivity contribution in [2.45, 2.75) is 18.9 Å². The topological polar surface area (TPSA) is 62.4 Å². The van der Waals surface area contributed by atoms with Crippen molar-refractivity contribution in [3.05, 3.63) is 18.3 Å². The van der Waals surface area contributed by atoms with E-state index < -0.39 is 5.60 Å². The van der Waals surface area contributed by atoms with E-state index in [1.165, 1.54) is 0 Å². The summed E-state index contributed by atoms with van der Waals surface area (Å²) >= 11 is 0. The van der Waals surface area contributed by atoms with Gasteiger partial charge >= 0.3 is 0 Å². The number of β-amino-alcohol motifs (C(OH)–C–C–N with tert-alkyl or cyclic N) is 1. The van der Waals surface area contributed by atoms with Crippen molar-refractivity contribution >= 4 is 11.5 Å². The van der Waals surface area contributed by atoms with E-state index >= 15 is 0 Å². The molecule has 3 N–H and O–H groups in total. The third-order valence-electron chi connectivity index (χ3n) is 2.57. The SMILES string of the molecule is CC1(O)CCN(c2ncccc2N)C1. The molecule has 0 amide bonds. The fourth-order valence-electron chi connectivity index (χ4n) is 1.80. The van der Waals surface area contributed by atoms with Crippen LogP contribution in [0.3, 0.4) is 0 Å². The number of anilines is 2. The predicted octanol–water partition coefficient (Wildman–Crippen LogP) is 0.625. The molecule has 0 aromatic carbocycles. The quantitative estimate of drug-likeness (QED) is 0.686. The predicted molar refractivity (Wildman–Crippen MR) is 56.1 cm³/mol. The highest BCUT2D eigenvalue weighted by atomic mass is 16.3. The summed E-state index contributed by atoms with van der Waals surface area (Å²) in [5.41, 5.74) is 5.87. The minimum Gasteiger partial charge on any atom is -0.396 e. The summed E-state index contributed by atoms with van der Waals surface area (Å²) < 4.78 is 0. The Morgan fingerprint density at radius 1 is 1.64 bits per heavy atom. The van der Waals surface area contributed by atoms with E-state index in [-0.39, 0.29) is 0 Å². The summed E-state index contributed by atoms with van der Waals surface area (Å²) in [4.78, 5) is 6.24. The smallest absolute Gasteiger partial charge is 0.151 e. The molecule has 0 spiro atoms. The number of nitrogens with zero attached hydrogens (tertiary/aromatic N) is 2. The third kappa shape index (κ3) is 1.65. The van der Waals surface area contributed by atoms with E-state index in [0.29, 0.717) is 12.2 Å². The van der Waals surface area contributed by atoms with Gasteiger partial charge in [0, 0.05) is 19.3 Å². The molecule has 0 aliphatic carbocycles. The molecule has 1 aliphatic rings. The Labute approximate surface area is 83.4 Å². The van der Waals surface area contributed by atoms with Crippen LogP contribution in [0.25, 0.3) is 0 Å². The van der Waals surface area contributed by atoms with Crippen LogP contribution < -0.4 is 10.6 Å². The van der Waals surface area contributed by atoms with Crippen LogP contribution in [-0.4, -0.2) is 28.8 Å². The summed E-state index contributed by atoms with van der Waals surface area (Å²) in [7, 11) is 0. The van der Waals surface area contributed by atoms with Gasteiger partial charge in [-0.05, 0) is 25.5 Å². The fraction of sp³-hybridized carbons (Fsp3) is 0.500. The Morgan fingerprint density at radius 2 is 2.43 bits per heavy atom. The van der Waals surface area contributed by atoms with Gasteiger partial charge in [0.25, 0.3) is 0 Å². The Hall–Kier alpha value is -1.29. The maximum atomic E-state index is 9.81. The zero-order valence-electron chi connectivity index (χ0n) is 8.27. The van der Waals surface area contributed by atoms with Crippen molar-refractivity contribution in [1.29, 1.82) is 0 Å². The molecular weight excluding hydrogens is 178 g/mol. The summed E-state index contributed by atoms with van der Waals surface area (Å²) in [5, 5.41) is 9.81. The van der Waals surface area contributed by atoms with Gasteiger partial charge in [0.15, 0.2) is 5.82 Å². The largest absolute Gasteiger partial charge is 0.396 e. The van der Waals surface area contributed by atoms with E-state index in [4.69, 9.17) is 5.73 Å². The molecule has 0 saturated carbocycles. The van der Waals surface area contributed by atoms with Gasteiger partial charge < -0.3 is 15.7 Å². The van der Waals surface area contributed by atoms with Crippen LogP contribution in [0.1, 0.15) is 13.3 Å². The average Bonchev–Trinajstić information content (AvgIpc) is 2.47. The molecule has 1 fully saturated rings. The maximum absolute atomic E-state index is 9.81. The first-order valence-electron chi connectivity index (χ1n) is 4.76. The highest BCUT2D eigenvalue weighted by Crippen LogP contribution is 2.28. The summed E-state index contributed by atoms with van der Waals surface area (Å²) in [6, 6.07) is 3.64. The van der Waals surface area contributed by atoms with Gasteiger partial charge in [-0.25, -0.2) is 4.98 Å². The molecule has 76 valence electrons. The minimum atomic E-state index is -0.607. The van der Waals surface area contributed by atoms with E-state index in [1.54, 1.807) is 6.20 Å². The number of aliphatic hydroxyl groups is 1. The molecule has 1 aromatic heterocycles. The highest BCUT2D eigenvalue weighted by molar-refractivity contribution is 5.62. The number of pyridine rings is 1. The Morgan fingerprint density at radius 3 is 3.00 bits per heavy atom. The standard InChI is InChI=1S/C10H15N3O/c1-10(14)4-6-13(7-10)9-8(11)3-2-5-12-9/h2-3,5,14H,4,6-7,11H2,1H3. The van der Waals surface area contributed by atoms with E-state index in [9.17, 15) is 5.11 Å². The van der Waals surface area contributed by atoms with Gasteiger partial charge in [-0.1, -0.05) is 0 Å². The molecule has 4 heteroatoms. The van der Waals surface area contributed by atoms with Crippen LogP contribution in [0.15, 0.2) is 18.3 Å². The molecule has 2 heterocycles. The molecule has 0 bridgehead atoms. The van der Waals surface area contributed by atoms with Crippen LogP contribution in [0, 0.1) is 0 Å². The van der Waals surface area contributed by atoms with Gasteiger partial charge in [-0.2, -0.15) is 0 Å². The first-order chi connectivity index (χ1) is 6.58. The van der Waals surface area contributed by atoms with Crippen molar-refractivity contribution in [1.82, 2.24) is 4.98 Å². The Bertz CT molecular complexity index is 338. The lowest BCUT2D eigenvalue weighted by molar-refractivity contribution is 0.0839. The molecule has 1 saturated heterocycles. The number of nitrogens with two attached hydrogens (primary N) is 1. The first-order valence-corrected chi connectivity index (χ1v) is 4.76. The molecule has 1 unspecified atom stereocenters. The summed E-state index contributed by atoms with van der Waals surface area (Å²) in [6.07, 6.45) is 2.49. The maximum Gasteiger partial charge on any atom is 0.151 e. The zero-order valence-corrected chi connectivity index (χ0v) is 8.27. The molecule has 1 aromatic rings. The van der Waals surface area contributed by atoms with Crippen LogP contribution in [0.4, 0.5) is 11.5 Å². The molecular formula is C10H15N3O. The Kier molecular flexibility index (Phi) is 2.07. The van der Waals surface area contributed by atoms with Crippen molar-refractivity contribution in [3.63, 3.8) is 0 Å². The highest BCUT2D eigenvalue weighted by Gasteiger charge is 2.32. The van der Waals surface area contributed by atoms with Gasteiger partial charge in [-0.3, -0.25) is 0 Å². The van der Waals surface area contributed by atoms with E-state index in [1.807, 2.05) is 24.0 Å². The fourth-order valence-corrected chi connectivity index (χ4v) is 1.80. The summed E-state index contributed by atoms with van der Waals surface area (Å²) in [6.45, 7) is 3.26. The monoisotopic (exact) mass is 193 g/mol. The van der Waals surface area contributed by atoms with E-state index in [0.717, 1.165) is 18.8 Å². The normalized spacial score (nSPS) is 26.9. The van der Waals surface area contributed by atoms with Crippen molar-refractivity contribution in [3.8, 4) is 0 Å². The zero-order chi connectivity index (χ0) is 10.2. The Balaban J connectivity index is 2.22. The number of rotatable bonds is 1. The molecule has 4 nitrogen and oxygen atoms in total. The lowest BCUT2D eigenvalue weighted by atomic mass is 10.1. The van der Waals surface area contributed by atoms with E-state index in [2.05, 4.69) is 4.98 Å². The second-order valence-corrected chi connectivity index (χ2v) is 4.08. The summed E-state index contributed by atoms with van der Waals surface area (Å²) in [5.74, 6) is 0.783.